The fourth-order valence-electron chi connectivity index (χ4n) is 2.39. The number of hydrogen-bond acceptors (Lipinski definition) is 3. The topological polar surface area (TPSA) is 70.2 Å². The van der Waals surface area contributed by atoms with E-state index in [1.165, 1.54) is 0 Å². The molecule has 2 amide bonds. The van der Waals surface area contributed by atoms with Gasteiger partial charge in [0, 0.05) is 5.02 Å². The van der Waals surface area contributed by atoms with Crippen LogP contribution in [0.1, 0.15) is 30.6 Å². The summed E-state index contributed by atoms with van der Waals surface area (Å²) in [5, 5.41) is 3.91. The van der Waals surface area contributed by atoms with E-state index in [-0.39, 0.29) is 5.92 Å². The van der Waals surface area contributed by atoms with Crippen molar-refractivity contribution in [3.05, 3.63) is 63.1 Å². The Bertz CT molecular complexity index is 828. The SMILES string of the molecule is CC(C)CC(NC(=O)c1ccccc1Cl)C(=O)NNc1ccc(Cl)cc1Cl. The zero-order valence-electron chi connectivity index (χ0n) is 14.9. The monoisotopic (exact) mass is 427 g/mol. The summed E-state index contributed by atoms with van der Waals surface area (Å²) in [6, 6.07) is 10.8. The van der Waals surface area contributed by atoms with Gasteiger partial charge in [0.2, 0.25) is 0 Å². The molecule has 27 heavy (non-hydrogen) atoms. The molecule has 3 N–H and O–H groups in total. The molecule has 1 unspecified atom stereocenters. The zero-order valence-corrected chi connectivity index (χ0v) is 17.1. The molecule has 8 heteroatoms. The first kappa shape index (κ1) is 21.4. The minimum atomic E-state index is -0.743. The van der Waals surface area contributed by atoms with E-state index in [0.717, 1.165) is 0 Å². The van der Waals surface area contributed by atoms with Crippen LogP contribution in [0.5, 0.6) is 0 Å². The molecule has 0 aromatic heterocycles. The number of halogens is 3. The van der Waals surface area contributed by atoms with Crippen LogP contribution in [-0.4, -0.2) is 17.9 Å². The van der Waals surface area contributed by atoms with Gasteiger partial charge in [0.15, 0.2) is 0 Å². The molecule has 0 heterocycles. The Balaban J connectivity index is 2.07. The first-order chi connectivity index (χ1) is 12.8. The maximum atomic E-state index is 12.6. The van der Waals surface area contributed by atoms with E-state index in [9.17, 15) is 9.59 Å². The summed E-state index contributed by atoms with van der Waals surface area (Å²) in [7, 11) is 0. The second kappa shape index (κ2) is 9.83. The largest absolute Gasteiger partial charge is 0.340 e. The Morgan fingerprint density at radius 1 is 1.00 bits per heavy atom. The minimum absolute atomic E-state index is 0.186. The summed E-state index contributed by atoms with van der Waals surface area (Å²) < 4.78 is 0. The average molecular weight is 429 g/mol. The third-order valence-electron chi connectivity index (χ3n) is 3.70. The van der Waals surface area contributed by atoms with Gasteiger partial charge in [-0.2, -0.15) is 0 Å². The molecule has 2 aromatic carbocycles. The standard InChI is InChI=1S/C19H20Cl3N3O2/c1-11(2)9-17(23-18(26)13-5-3-4-6-14(13)21)19(27)25-24-16-8-7-12(20)10-15(16)22/h3-8,10-11,17,24H,9H2,1-2H3,(H,23,26)(H,25,27). The summed E-state index contributed by atoms with van der Waals surface area (Å²) in [4.78, 5) is 25.1. The highest BCUT2D eigenvalue weighted by Gasteiger charge is 2.23. The van der Waals surface area contributed by atoms with Crippen molar-refractivity contribution in [3.63, 3.8) is 0 Å². The number of hydrogen-bond donors (Lipinski definition) is 3. The lowest BCUT2D eigenvalue weighted by Gasteiger charge is -2.21. The van der Waals surface area contributed by atoms with E-state index in [1.807, 2.05) is 13.8 Å². The number of hydrazine groups is 1. The summed E-state index contributed by atoms with van der Waals surface area (Å²) in [5.41, 5.74) is 6.13. The molecule has 0 bridgehead atoms. The van der Waals surface area contributed by atoms with Gasteiger partial charge in [-0.1, -0.05) is 60.8 Å². The molecular weight excluding hydrogens is 409 g/mol. The van der Waals surface area contributed by atoms with E-state index < -0.39 is 17.9 Å². The third-order valence-corrected chi connectivity index (χ3v) is 4.58. The smallest absolute Gasteiger partial charge is 0.260 e. The Morgan fingerprint density at radius 2 is 1.70 bits per heavy atom. The van der Waals surface area contributed by atoms with Gasteiger partial charge < -0.3 is 5.32 Å². The molecule has 0 saturated heterocycles. The van der Waals surface area contributed by atoms with Crippen molar-refractivity contribution in [1.29, 1.82) is 0 Å². The molecule has 0 saturated carbocycles. The van der Waals surface area contributed by atoms with Crippen molar-refractivity contribution < 1.29 is 9.59 Å². The van der Waals surface area contributed by atoms with Crippen LogP contribution < -0.4 is 16.2 Å². The normalized spacial score (nSPS) is 11.8. The predicted molar refractivity (Wildman–Crippen MR) is 110 cm³/mol. The number of rotatable bonds is 7. The van der Waals surface area contributed by atoms with Crippen LogP contribution >= 0.6 is 34.8 Å². The number of anilines is 1. The molecule has 144 valence electrons. The summed E-state index contributed by atoms with van der Waals surface area (Å²) in [6.07, 6.45) is 0.456. The van der Waals surface area contributed by atoms with Crippen LogP contribution in [0.15, 0.2) is 42.5 Å². The van der Waals surface area contributed by atoms with Crippen molar-refractivity contribution in [2.45, 2.75) is 26.3 Å². The second-order valence-corrected chi connectivity index (χ2v) is 7.62. The van der Waals surface area contributed by atoms with Crippen LogP contribution in [0.4, 0.5) is 5.69 Å². The first-order valence-corrected chi connectivity index (χ1v) is 9.47. The first-order valence-electron chi connectivity index (χ1n) is 8.34. The van der Waals surface area contributed by atoms with Crippen LogP contribution in [0.3, 0.4) is 0 Å². The molecule has 2 aromatic rings. The molecular formula is C19H20Cl3N3O2. The lowest BCUT2D eigenvalue weighted by atomic mass is 10.0. The van der Waals surface area contributed by atoms with E-state index in [1.54, 1.807) is 42.5 Å². The molecule has 0 aliphatic rings. The Labute approximate surface area is 173 Å². The third kappa shape index (κ3) is 6.31. The van der Waals surface area contributed by atoms with Gasteiger partial charge >= 0.3 is 0 Å². The van der Waals surface area contributed by atoms with Crippen molar-refractivity contribution in [3.8, 4) is 0 Å². The summed E-state index contributed by atoms with van der Waals surface area (Å²) in [6.45, 7) is 3.93. The fourth-order valence-corrected chi connectivity index (χ4v) is 3.07. The van der Waals surface area contributed by atoms with Crippen LogP contribution in [-0.2, 0) is 4.79 Å². The average Bonchev–Trinajstić information content (AvgIpc) is 2.60. The molecule has 1 atom stereocenters. The van der Waals surface area contributed by atoms with Crippen molar-refractivity contribution in [2.75, 3.05) is 5.43 Å². The Hall–Kier alpha value is -1.95. The highest BCUT2D eigenvalue weighted by Crippen LogP contribution is 2.24. The van der Waals surface area contributed by atoms with Crippen molar-refractivity contribution in [1.82, 2.24) is 10.7 Å². The maximum Gasteiger partial charge on any atom is 0.260 e. The molecule has 0 aliphatic heterocycles. The fraction of sp³-hybridized carbons (Fsp3) is 0.263. The molecule has 0 fully saturated rings. The Morgan fingerprint density at radius 3 is 2.33 bits per heavy atom. The highest BCUT2D eigenvalue weighted by atomic mass is 35.5. The number of carbonyl (C=O) groups excluding carboxylic acids is 2. The number of nitrogens with one attached hydrogen (secondary N) is 3. The predicted octanol–water partition coefficient (Wildman–Crippen LogP) is 4.93. The molecule has 0 spiro atoms. The number of carbonyl (C=O) groups is 2. The van der Waals surface area contributed by atoms with E-state index in [0.29, 0.717) is 32.7 Å². The van der Waals surface area contributed by atoms with Gasteiger partial charge in [-0.15, -0.1) is 0 Å². The van der Waals surface area contributed by atoms with E-state index in [4.69, 9.17) is 34.8 Å². The lowest BCUT2D eigenvalue weighted by molar-refractivity contribution is -0.122. The Kier molecular flexibility index (Phi) is 7.78. The number of benzene rings is 2. The van der Waals surface area contributed by atoms with Crippen LogP contribution in [0.2, 0.25) is 15.1 Å². The van der Waals surface area contributed by atoms with Crippen LogP contribution in [0, 0.1) is 5.92 Å². The van der Waals surface area contributed by atoms with Gasteiger partial charge in [0.05, 0.1) is 21.3 Å². The van der Waals surface area contributed by atoms with Gasteiger partial charge in [0.1, 0.15) is 6.04 Å². The minimum Gasteiger partial charge on any atom is -0.340 e. The highest BCUT2D eigenvalue weighted by molar-refractivity contribution is 6.36. The van der Waals surface area contributed by atoms with Crippen molar-refractivity contribution >= 4 is 52.3 Å². The van der Waals surface area contributed by atoms with E-state index >= 15 is 0 Å². The molecule has 2 rings (SSSR count). The van der Waals surface area contributed by atoms with Crippen LogP contribution in [0.25, 0.3) is 0 Å². The second-order valence-electron chi connectivity index (χ2n) is 6.37. The summed E-state index contributed by atoms with van der Waals surface area (Å²) >= 11 is 18.0. The van der Waals surface area contributed by atoms with Gasteiger partial charge in [0.25, 0.3) is 11.8 Å². The lowest BCUT2D eigenvalue weighted by Crippen LogP contribution is -2.49. The quantitative estimate of drug-likeness (QED) is 0.547. The van der Waals surface area contributed by atoms with Gasteiger partial charge in [-0.25, -0.2) is 0 Å². The summed E-state index contributed by atoms with van der Waals surface area (Å²) in [5.74, 6) is -0.618. The number of amides is 2. The zero-order chi connectivity index (χ0) is 20.0. The molecule has 5 nitrogen and oxygen atoms in total. The molecule has 0 radical (unpaired) electrons. The maximum absolute atomic E-state index is 12.6. The van der Waals surface area contributed by atoms with Gasteiger partial charge in [-0.05, 0) is 42.7 Å². The van der Waals surface area contributed by atoms with E-state index in [2.05, 4.69) is 16.2 Å². The van der Waals surface area contributed by atoms with Crippen molar-refractivity contribution in [2.24, 2.45) is 5.92 Å². The molecule has 0 aliphatic carbocycles. The van der Waals surface area contributed by atoms with Gasteiger partial charge in [-0.3, -0.25) is 20.4 Å².